The summed E-state index contributed by atoms with van der Waals surface area (Å²) in [5.41, 5.74) is 11.0. The van der Waals surface area contributed by atoms with E-state index in [0.29, 0.717) is 26.2 Å². The molecule has 0 saturated heterocycles. The van der Waals surface area contributed by atoms with Gasteiger partial charge in [0.05, 0.1) is 38.1 Å². The Labute approximate surface area is 153 Å². The van der Waals surface area contributed by atoms with Crippen LogP contribution in [0.1, 0.15) is 17.5 Å². The fourth-order valence-corrected chi connectivity index (χ4v) is 3.34. The quantitative estimate of drug-likeness (QED) is 0.444. The van der Waals surface area contributed by atoms with Gasteiger partial charge in [-0.2, -0.15) is 0 Å². The van der Waals surface area contributed by atoms with E-state index in [9.17, 15) is 5.11 Å². The number of benzene rings is 2. The first-order chi connectivity index (χ1) is 12.8. The van der Waals surface area contributed by atoms with Crippen LogP contribution in [0.25, 0.3) is 10.4 Å². The zero-order chi connectivity index (χ0) is 18.2. The molecule has 6 heteroatoms. The van der Waals surface area contributed by atoms with Gasteiger partial charge in [0.2, 0.25) is 0 Å². The van der Waals surface area contributed by atoms with Gasteiger partial charge < -0.3 is 14.6 Å². The van der Waals surface area contributed by atoms with Crippen molar-refractivity contribution in [2.24, 2.45) is 11.0 Å². The molecule has 0 amide bonds. The number of rotatable bonds is 8. The van der Waals surface area contributed by atoms with Crippen LogP contribution in [0.3, 0.4) is 0 Å². The van der Waals surface area contributed by atoms with E-state index in [-0.39, 0.29) is 12.0 Å². The monoisotopic (exact) mass is 353 g/mol. The minimum absolute atomic E-state index is 0.173. The average Bonchev–Trinajstić information content (AvgIpc) is 2.97. The van der Waals surface area contributed by atoms with Gasteiger partial charge in [0, 0.05) is 17.3 Å². The van der Waals surface area contributed by atoms with Crippen molar-refractivity contribution in [3.05, 3.63) is 82.2 Å². The number of nitrogens with zero attached hydrogens (tertiary/aromatic N) is 3. The SMILES string of the molecule is [N-]=[N+]=NC1C(O)CC(OCc2ccccc2)C1COCc1ccccc1. The lowest BCUT2D eigenvalue weighted by atomic mass is 10.0. The lowest BCUT2D eigenvalue weighted by Crippen LogP contribution is -2.30. The van der Waals surface area contributed by atoms with Crippen molar-refractivity contribution in [1.29, 1.82) is 0 Å². The van der Waals surface area contributed by atoms with E-state index in [1.54, 1.807) is 0 Å². The second-order valence-corrected chi connectivity index (χ2v) is 6.50. The van der Waals surface area contributed by atoms with Crippen molar-refractivity contribution in [3.8, 4) is 0 Å². The Bertz CT molecular complexity index is 720. The van der Waals surface area contributed by atoms with E-state index in [2.05, 4.69) is 10.0 Å². The molecule has 0 aromatic heterocycles. The second kappa shape index (κ2) is 9.36. The van der Waals surface area contributed by atoms with Gasteiger partial charge in [0.15, 0.2) is 0 Å². The number of azide groups is 1. The van der Waals surface area contributed by atoms with E-state index in [1.165, 1.54) is 0 Å². The summed E-state index contributed by atoms with van der Waals surface area (Å²) >= 11 is 0. The third-order valence-electron chi connectivity index (χ3n) is 4.70. The van der Waals surface area contributed by atoms with E-state index in [0.717, 1.165) is 11.1 Å². The Hall–Kier alpha value is -2.37. The van der Waals surface area contributed by atoms with Gasteiger partial charge in [-0.05, 0) is 16.7 Å². The molecule has 0 radical (unpaired) electrons. The molecular weight excluding hydrogens is 330 g/mol. The molecule has 6 nitrogen and oxygen atoms in total. The highest BCUT2D eigenvalue weighted by Gasteiger charge is 2.43. The van der Waals surface area contributed by atoms with E-state index in [1.807, 2.05) is 60.7 Å². The van der Waals surface area contributed by atoms with E-state index >= 15 is 0 Å². The summed E-state index contributed by atoms with van der Waals surface area (Å²) in [5, 5.41) is 14.1. The molecule has 1 saturated carbocycles. The Morgan fingerprint density at radius 2 is 1.62 bits per heavy atom. The van der Waals surface area contributed by atoms with Crippen LogP contribution >= 0.6 is 0 Å². The second-order valence-electron chi connectivity index (χ2n) is 6.50. The fraction of sp³-hybridized carbons (Fsp3) is 0.400. The molecular formula is C20H23N3O3. The molecule has 1 aliphatic carbocycles. The number of aliphatic hydroxyl groups excluding tert-OH is 1. The molecule has 2 aromatic rings. The Morgan fingerprint density at radius 1 is 1.00 bits per heavy atom. The van der Waals surface area contributed by atoms with E-state index < -0.39 is 12.1 Å². The third-order valence-corrected chi connectivity index (χ3v) is 4.70. The predicted octanol–water partition coefficient (Wildman–Crippen LogP) is 3.85. The van der Waals surface area contributed by atoms with Crippen LogP contribution in [0.5, 0.6) is 0 Å². The van der Waals surface area contributed by atoms with Crippen LogP contribution in [0.4, 0.5) is 0 Å². The summed E-state index contributed by atoms with van der Waals surface area (Å²) in [6, 6.07) is 19.2. The molecule has 136 valence electrons. The molecule has 26 heavy (non-hydrogen) atoms. The van der Waals surface area contributed by atoms with Gasteiger partial charge in [0.1, 0.15) is 0 Å². The van der Waals surface area contributed by atoms with Crippen molar-refractivity contribution in [2.45, 2.75) is 37.9 Å². The maximum absolute atomic E-state index is 10.3. The Morgan fingerprint density at radius 3 is 2.23 bits per heavy atom. The molecule has 1 N–H and O–H groups in total. The number of hydrogen-bond donors (Lipinski definition) is 1. The van der Waals surface area contributed by atoms with Gasteiger partial charge in [-0.15, -0.1) is 0 Å². The highest BCUT2D eigenvalue weighted by molar-refractivity contribution is 5.14. The first-order valence-electron chi connectivity index (χ1n) is 8.77. The molecule has 1 aliphatic rings. The fourth-order valence-electron chi connectivity index (χ4n) is 3.34. The molecule has 0 heterocycles. The normalized spacial score (nSPS) is 25.0. The summed E-state index contributed by atoms with van der Waals surface area (Å²) in [6.07, 6.45) is -0.482. The summed E-state index contributed by atoms with van der Waals surface area (Å²) in [6.45, 7) is 1.30. The zero-order valence-electron chi connectivity index (χ0n) is 14.5. The van der Waals surface area contributed by atoms with Gasteiger partial charge in [-0.25, -0.2) is 0 Å². The van der Waals surface area contributed by atoms with Crippen LogP contribution in [-0.2, 0) is 22.7 Å². The first-order valence-corrected chi connectivity index (χ1v) is 8.77. The highest BCUT2D eigenvalue weighted by Crippen LogP contribution is 2.33. The van der Waals surface area contributed by atoms with Crippen LogP contribution in [-0.4, -0.2) is 30.0 Å². The smallest absolute Gasteiger partial charge is 0.0720 e. The van der Waals surface area contributed by atoms with Crippen LogP contribution in [0, 0.1) is 5.92 Å². The minimum atomic E-state index is -0.711. The molecule has 3 rings (SSSR count). The first kappa shape index (κ1) is 18.4. The van der Waals surface area contributed by atoms with Crippen molar-refractivity contribution >= 4 is 0 Å². The van der Waals surface area contributed by atoms with Gasteiger partial charge in [-0.3, -0.25) is 0 Å². The lowest BCUT2D eigenvalue weighted by Gasteiger charge is -2.23. The van der Waals surface area contributed by atoms with Crippen LogP contribution in [0.15, 0.2) is 65.8 Å². The molecule has 4 unspecified atom stereocenters. The highest BCUT2D eigenvalue weighted by atomic mass is 16.5. The minimum Gasteiger partial charge on any atom is -0.393 e. The largest absolute Gasteiger partial charge is 0.393 e. The Balaban J connectivity index is 1.61. The molecule has 2 aromatic carbocycles. The number of ether oxygens (including phenoxy) is 2. The summed E-state index contributed by atoms with van der Waals surface area (Å²) in [5.74, 6) is -0.173. The summed E-state index contributed by atoms with van der Waals surface area (Å²) in [7, 11) is 0. The number of aliphatic hydroxyl groups is 1. The molecule has 1 fully saturated rings. The van der Waals surface area contributed by atoms with Crippen molar-refractivity contribution in [2.75, 3.05) is 6.61 Å². The van der Waals surface area contributed by atoms with Crippen molar-refractivity contribution in [3.63, 3.8) is 0 Å². The van der Waals surface area contributed by atoms with Gasteiger partial charge in [-0.1, -0.05) is 65.8 Å². The Kier molecular flexibility index (Phi) is 6.63. The van der Waals surface area contributed by atoms with Gasteiger partial charge in [0.25, 0.3) is 0 Å². The maximum atomic E-state index is 10.3. The zero-order valence-corrected chi connectivity index (χ0v) is 14.5. The molecule has 0 bridgehead atoms. The van der Waals surface area contributed by atoms with Gasteiger partial charge >= 0.3 is 0 Å². The maximum Gasteiger partial charge on any atom is 0.0720 e. The predicted molar refractivity (Wildman–Crippen MR) is 98.2 cm³/mol. The van der Waals surface area contributed by atoms with Crippen molar-refractivity contribution < 1.29 is 14.6 Å². The molecule has 4 atom stereocenters. The molecule has 0 spiro atoms. The summed E-state index contributed by atoms with van der Waals surface area (Å²) in [4.78, 5) is 2.89. The summed E-state index contributed by atoms with van der Waals surface area (Å²) < 4.78 is 11.9. The molecule has 0 aliphatic heterocycles. The van der Waals surface area contributed by atoms with Crippen LogP contribution < -0.4 is 0 Å². The lowest BCUT2D eigenvalue weighted by molar-refractivity contribution is -0.0222. The standard InChI is InChI=1S/C20H23N3O3/c21-23-22-20-17(14-25-12-15-7-3-1-4-8-15)19(11-18(20)24)26-13-16-9-5-2-6-10-16/h1-10,17-20,24H,11-14H2. The van der Waals surface area contributed by atoms with Crippen molar-refractivity contribution in [1.82, 2.24) is 0 Å². The average molecular weight is 353 g/mol. The third kappa shape index (κ3) is 4.84. The topological polar surface area (TPSA) is 87.5 Å². The van der Waals surface area contributed by atoms with E-state index in [4.69, 9.17) is 15.0 Å². The number of hydrogen-bond acceptors (Lipinski definition) is 4. The van der Waals surface area contributed by atoms with Crippen LogP contribution in [0.2, 0.25) is 0 Å².